The molecule has 0 aliphatic heterocycles. The number of hydrogen-bond donors (Lipinski definition) is 1. The molecule has 1 N–H and O–H groups in total. The number of nitrogens with zero attached hydrogens (tertiary/aromatic N) is 2. The smallest absolute Gasteiger partial charge is 0.124 e. The summed E-state index contributed by atoms with van der Waals surface area (Å²) < 4.78 is 13.1. The lowest BCUT2D eigenvalue weighted by atomic mass is 10.0. The second-order valence-electron chi connectivity index (χ2n) is 4.63. The summed E-state index contributed by atoms with van der Waals surface area (Å²) in [5, 5.41) is 3.79. The molecule has 0 amide bonds. The number of aryl methyl sites for hydroxylation is 1. The quantitative estimate of drug-likeness (QED) is 0.917. The number of hydrogen-bond acceptors (Lipinski definition) is 3. The maximum Gasteiger partial charge on any atom is 0.124 e. The van der Waals surface area contributed by atoms with Crippen molar-refractivity contribution in [1.82, 2.24) is 15.3 Å². The third kappa shape index (κ3) is 3.74. The summed E-state index contributed by atoms with van der Waals surface area (Å²) in [6.07, 6.45) is 4.15. The van der Waals surface area contributed by atoms with Crippen molar-refractivity contribution in [1.29, 1.82) is 0 Å². The minimum atomic E-state index is -0.325. The van der Waals surface area contributed by atoms with Gasteiger partial charge in [0.2, 0.25) is 0 Å². The van der Waals surface area contributed by atoms with Gasteiger partial charge in [0.15, 0.2) is 0 Å². The lowest BCUT2D eigenvalue weighted by molar-refractivity contribution is 0.533. The Hall–Kier alpha value is -1.52. The molecule has 1 unspecified atom stereocenters. The number of likely N-dealkylation sites (N-methyl/N-ethyl adjacent to an activating group) is 1. The van der Waals surface area contributed by atoms with Gasteiger partial charge < -0.3 is 5.32 Å². The Morgan fingerprint density at radius 1 is 1.30 bits per heavy atom. The molecule has 3 nitrogen and oxygen atoms in total. The summed E-state index contributed by atoms with van der Waals surface area (Å²) in [5.41, 5.74) is 2.63. The van der Waals surface area contributed by atoms with Crippen LogP contribution in [0.5, 0.6) is 0 Å². The van der Waals surface area contributed by atoms with Crippen LogP contribution in [0.15, 0.2) is 30.6 Å². The zero-order chi connectivity index (χ0) is 14.5. The second kappa shape index (κ2) is 6.77. The highest BCUT2D eigenvalue weighted by Crippen LogP contribution is 2.23. The Morgan fingerprint density at radius 2 is 2.10 bits per heavy atom. The predicted octanol–water partition coefficient (Wildman–Crippen LogP) is 3.47. The van der Waals surface area contributed by atoms with Gasteiger partial charge in [-0.1, -0.05) is 24.6 Å². The third-order valence-corrected chi connectivity index (χ3v) is 3.40. The number of aromatic nitrogens is 2. The highest BCUT2D eigenvalue weighted by Gasteiger charge is 2.15. The second-order valence-corrected chi connectivity index (χ2v) is 5.04. The molecule has 0 radical (unpaired) electrons. The van der Waals surface area contributed by atoms with Crippen LogP contribution < -0.4 is 5.32 Å². The monoisotopic (exact) mass is 293 g/mol. The summed E-state index contributed by atoms with van der Waals surface area (Å²) in [7, 11) is 0. The van der Waals surface area contributed by atoms with E-state index in [4.69, 9.17) is 11.6 Å². The van der Waals surface area contributed by atoms with Gasteiger partial charge in [-0.3, -0.25) is 9.97 Å². The number of rotatable bonds is 5. The molecule has 1 atom stereocenters. The molecule has 5 heteroatoms. The Bertz CT molecular complexity index is 572. The van der Waals surface area contributed by atoms with E-state index in [1.165, 1.54) is 12.1 Å². The molecule has 2 aromatic rings. The molecule has 106 valence electrons. The van der Waals surface area contributed by atoms with Crippen LogP contribution in [-0.4, -0.2) is 16.5 Å². The molecule has 0 saturated heterocycles. The van der Waals surface area contributed by atoms with Gasteiger partial charge >= 0.3 is 0 Å². The lowest BCUT2D eigenvalue weighted by Crippen LogP contribution is -2.24. The molecule has 0 bridgehead atoms. The van der Waals surface area contributed by atoms with Crippen molar-refractivity contribution in [2.45, 2.75) is 26.3 Å². The van der Waals surface area contributed by atoms with Gasteiger partial charge in [-0.2, -0.15) is 0 Å². The topological polar surface area (TPSA) is 37.8 Å². The van der Waals surface area contributed by atoms with Gasteiger partial charge in [-0.15, -0.1) is 0 Å². The van der Waals surface area contributed by atoms with Crippen LogP contribution >= 0.6 is 11.6 Å². The molecule has 1 aromatic carbocycles. The molecule has 0 fully saturated rings. The van der Waals surface area contributed by atoms with Gasteiger partial charge in [-0.05, 0) is 37.6 Å². The first-order valence-electron chi connectivity index (χ1n) is 6.56. The summed E-state index contributed by atoms with van der Waals surface area (Å²) in [4.78, 5) is 8.66. The molecule has 20 heavy (non-hydrogen) atoms. The molecule has 1 heterocycles. The van der Waals surface area contributed by atoms with Crippen LogP contribution in [0.25, 0.3) is 0 Å². The van der Waals surface area contributed by atoms with E-state index in [0.717, 1.165) is 23.5 Å². The van der Waals surface area contributed by atoms with E-state index in [9.17, 15) is 4.39 Å². The molecular weight excluding hydrogens is 277 g/mol. The van der Waals surface area contributed by atoms with Crippen molar-refractivity contribution in [3.05, 3.63) is 58.4 Å². The number of benzene rings is 1. The summed E-state index contributed by atoms with van der Waals surface area (Å²) in [6.45, 7) is 4.73. The van der Waals surface area contributed by atoms with Crippen LogP contribution in [-0.2, 0) is 6.42 Å². The van der Waals surface area contributed by atoms with Gasteiger partial charge in [0.1, 0.15) is 5.82 Å². The van der Waals surface area contributed by atoms with Crippen LogP contribution in [0.2, 0.25) is 5.02 Å². The highest BCUT2D eigenvalue weighted by molar-refractivity contribution is 6.31. The molecule has 0 spiro atoms. The average molecular weight is 294 g/mol. The molecule has 1 aromatic heterocycles. The maximum absolute atomic E-state index is 13.1. The lowest BCUT2D eigenvalue weighted by Gasteiger charge is -2.18. The van der Waals surface area contributed by atoms with E-state index >= 15 is 0 Å². The van der Waals surface area contributed by atoms with Crippen LogP contribution in [0.4, 0.5) is 4.39 Å². The van der Waals surface area contributed by atoms with Crippen molar-refractivity contribution in [2.24, 2.45) is 0 Å². The third-order valence-electron chi connectivity index (χ3n) is 3.05. The fraction of sp³-hybridized carbons (Fsp3) is 0.333. The molecular formula is C15H17ClFN3. The van der Waals surface area contributed by atoms with E-state index in [0.29, 0.717) is 11.4 Å². The van der Waals surface area contributed by atoms with Gasteiger partial charge in [0.05, 0.1) is 23.6 Å². The van der Waals surface area contributed by atoms with E-state index < -0.39 is 0 Å². The van der Waals surface area contributed by atoms with Gasteiger partial charge in [0, 0.05) is 11.2 Å². The first kappa shape index (κ1) is 14.9. The highest BCUT2D eigenvalue weighted by atomic mass is 35.5. The van der Waals surface area contributed by atoms with Crippen LogP contribution in [0, 0.1) is 12.7 Å². The van der Waals surface area contributed by atoms with Crippen LogP contribution in [0.3, 0.4) is 0 Å². The fourth-order valence-corrected chi connectivity index (χ4v) is 2.26. The maximum atomic E-state index is 13.1. The zero-order valence-corrected chi connectivity index (χ0v) is 12.3. The first-order valence-corrected chi connectivity index (χ1v) is 6.93. The average Bonchev–Trinajstić information content (AvgIpc) is 2.42. The fourth-order valence-electron chi connectivity index (χ4n) is 2.02. The van der Waals surface area contributed by atoms with Gasteiger partial charge in [0.25, 0.3) is 0 Å². The largest absolute Gasteiger partial charge is 0.309 e. The minimum Gasteiger partial charge on any atom is -0.309 e. The van der Waals surface area contributed by atoms with E-state index in [2.05, 4.69) is 15.3 Å². The van der Waals surface area contributed by atoms with Crippen molar-refractivity contribution >= 4 is 11.6 Å². The summed E-state index contributed by atoms with van der Waals surface area (Å²) in [6, 6.07) is 4.48. The Morgan fingerprint density at radius 3 is 2.70 bits per heavy atom. The molecule has 0 saturated carbocycles. The zero-order valence-electron chi connectivity index (χ0n) is 11.5. The Kier molecular flexibility index (Phi) is 5.04. The number of halogens is 2. The van der Waals surface area contributed by atoms with Crippen LogP contribution in [0.1, 0.15) is 29.9 Å². The first-order chi connectivity index (χ1) is 9.60. The van der Waals surface area contributed by atoms with E-state index in [1.54, 1.807) is 18.5 Å². The molecule has 0 aliphatic rings. The summed E-state index contributed by atoms with van der Waals surface area (Å²) in [5.74, 6) is -0.325. The summed E-state index contributed by atoms with van der Waals surface area (Å²) >= 11 is 6.08. The Labute approximate surface area is 123 Å². The predicted molar refractivity (Wildman–Crippen MR) is 78.3 cm³/mol. The molecule has 2 rings (SSSR count). The van der Waals surface area contributed by atoms with Crippen molar-refractivity contribution in [2.75, 3.05) is 6.54 Å². The SMILES string of the molecule is CCNC(Cc1ccc(F)cc1Cl)c1cnc(C)cn1. The normalized spacial score (nSPS) is 12.4. The van der Waals surface area contributed by atoms with Crippen molar-refractivity contribution in [3.8, 4) is 0 Å². The minimum absolute atomic E-state index is 0.0102. The van der Waals surface area contributed by atoms with Gasteiger partial charge in [-0.25, -0.2) is 4.39 Å². The Balaban J connectivity index is 2.22. The van der Waals surface area contributed by atoms with E-state index in [1.807, 2.05) is 13.8 Å². The van der Waals surface area contributed by atoms with E-state index in [-0.39, 0.29) is 11.9 Å². The number of nitrogens with one attached hydrogen (secondary N) is 1. The van der Waals surface area contributed by atoms with Crippen molar-refractivity contribution in [3.63, 3.8) is 0 Å². The standard InChI is InChI=1S/C15H17ClFN3/c1-3-18-14(15-9-19-10(2)8-20-15)6-11-4-5-12(17)7-13(11)16/h4-5,7-9,14,18H,3,6H2,1-2H3. The molecule has 0 aliphatic carbocycles. The van der Waals surface area contributed by atoms with Crippen molar-refractivity contribution < 1.29 is 4.39 Å².